The van der Waals surface area contributed by atoms with E-state index < -0.39 is 5.41 Å². The highest BCUT2D eigenvalue weighted by Gasteiger charge is 2.42. The van der Waals surface area contributed by atoms with E-state index in [-0.39, 0.29) is 30.1 Å². The van der Waals surface area contributed by atoms with Crippen molar-refractivity contribution in [2.24, 2.45) is 10.8 Å². The van der Waals surface area contributed by atoms with Gasteiger partial charge >= 0.3 is 11.9 Å². The lowest BCUT2D eigenvalue weighted by atomic mass is 9.80. The van der Waals surface area contributed by atoms with Crippen molar-refractivity contribution < 1.29 is 24.2 Å². The van der Waals surface area contributed by atoms with Crippen molar-refractivity contribution in [1.82, 2.24) is 4.90 Å². The second-order valence-electron chi connectivity index (χ2n) is 19.4. The van der Waals surface area contributed by atoms with Crippen LogP contribution in [0.4, 0.5) is 0 Å². The highest BCUT2D eigenvalue weighted by Crippen LogP contribution is 2.44. The maximum absolute atomic E-state index is 13.9. The smallest absolute Gasteiger partial charge is 0.312 e. The van der Waals surface area contributed by atoms with Gasteiger partial charge in [-0.2, -0.15) is 0 Å². The predicted molar refractivity (Wildman–Crippen MR) is 248 cm³/mol. The Kier molecular flexibility index (Phi) is 35.6. The number of rotatable bonds is 43. The van der Waals surface area contributed by atoms with Gasteiger partial charge in [0.05, 0.1) is 17.4 Å². The molecule has 1 aliphatic carbocycles. The van der Waals surface area contributed by atoms with Crippen LogP contribution in [0.2, 0.25) is 0 Å². The van der Waals surface area contributed by atoms with Crippen molar-refractivity contribution in [2.75, 3.05) is 32.8 Å². The van der Waals surface area contributed by atoms with Gasteiger partial charge < -0.3 is 19.5 Å². The lowest BCUT2D eigenvalue weighted by Gasteiger charge is -2.30. The van der Waals surface area contributed by atoms with Crippen LogP contribution in [-0.2, 0) is 19.1 Å². The molecule has 1 fully saturated rings. The lowest BCUT2D eigenvalue weighted by molar-refractivity contribution is -0.163. The molecule has 1 aliphatic rings. The van der Waals surface area contributed by atoms with Crippen molar-refractivity contribution >= 4 is 11.9 Å². The molecule has 1 N–H and O–H groups in total. The minimum Gasteiger partial charge on any atom is -0.465 e. The average molecular weight is 820 g/mol. The molecule has 0 aliphatic heterocycles. The van der Waals surface area contributed by atoms with Gasteiger partial charge in [-0.1, -0.05) is 175 Å². The minimum atomic E-state index is -0.405. The first-order valence-electron chi connectivity index (χ1n) is 26.0. The fourth-order valence-electron chi connectivity index (χ4n) is 9.16. The molecule has 1 rings (SSSR count). The molecule has 344 valence electrons. The summed E-state index contributed by atoms with van der Waals surface area (Å²) in [5.41, 5.74) is -0.641. The second kappa shape index (κ2) is 37.6. The number of hydrogen-bond acceptors (Lipinski definition) is 6. The number of aliphatic hydroxyl groups is 1. The number of unbranched alkanes of at least 4 members (excludes halogenated alkanes) is 23. The molecule has 0 aromatic carbocycles. The first kappa shape index (κ1) is 54.9. The molecule has 58 heavy (non-hydrogen) atoms. The zero-order chi connectivity index (χ0) is 42.4. The van der Waals surface area contributed by atoms with Crippen molar-refractivity contribution in [3.05, 3.63) is 0 Å². The van der Waals surface area contributed by atoms with Gasteiger partial charge in [-0.25, -0.2) is 0 Å². The molecular formula is C52H101NO5. The van der Waals surface area contributed by atoms with Crippen LogP contribution in [-0.4, -0.2) is 60.9 Å². The van der Waals surface area contributed by atoms with E-state index in [1.54, 1.807) is 0 Å². The first-order valence-corrected chi connectivity index (χ1v) is 26.0. The quantitative estimate of drug-likeness (QED) is 0.0488. The van der Waals surface area contributed by atoms with Crippen LogP contribution in [0.25, 0.3) is 0 Å². The Bertz CT molecular complexity index is 915. The van der Waals surface area contributed by atoms with Crippen LogP contribution in [0.3, 0.4) is 0 Å². The van der Waals surface area contributed by atoms with Crippen LogP contribution < -0.4 is 0 Å². The van der Waals surface area contributed by atoms with E-state index >= 15 is 0 Å². The Balaban J connectivity index is 2.43. The summed E-state index contributed by atoms with van der Waals surface area (Å²) in [5.74, 6) is 0.113. The van der Waals surface area contributed by atoms with E-state index in [0.29, 0.717) is 6.61 Å². The Morgan fingerprint density at radius 2 is 1.00 bits per heavy atom. The number of carbonyl (C=O) groups is 2. The third-order valence-electron chi connectivity index (χ3n) is 13.3. The van der Waals surface area contributed by atoms with Gasteiger partial charge in [0.25, 0.3) is 0 Å². The molecule has 0 aromatic rings. The van der Waals surface area contributed by atoms with Crippen LogP contribution in [0.15, 0.2) is 0 Å². The van der Waals surface area contributed by atoms with Crippen LogP contribution >= 0.6 is 0 Å². The standard InChI is InChI=1S/C52H101NO5/c1-6-9-12-15-18-25-36-47-57-49(55)51(4,5)39-28-21-23-32-43-53(45-34-35-46-54)44-33-24-22-29-40-52(41-30-31-42-52)50(56)58-48(37-26-19-16-13-10-7-2)38-27-20-17-14-11-8-3/h48,54H,6-47H2,1-5H3. The summed E-state index contributed by atoms with van der Waals surface area (Å²) in [6, 6.07) is 0. The van der Waals surface area contributed by atoms with E-state index in [1.165, 1.54) is 154 Å². The number of carbonyl (C=O) groups excluding carboxylic acids is 2. The van der Waals surface area contributed by atoms with E-state index in [0.717, 1.165) is 103 Å². The highest BCUT2D eigenvalue weighted by atomic mass is 16.5. The van der Waals surface area contributed by atoms with Gasteiger partial charge in [0, 0.05) is 6.61 Å². The monoisotopic (exact) mass is 820 g/mol. The predicted octanol–water partition coefficient (Wildman–Crippen LogP) is 15.3. The molecule has 0 amide bonds. The van der Waals surface area contributed by atoms with Crippen LogP contribution in [0.5, 0.6) is 0 Å². The van der Waals surface area contributed by atoms with Gasteiger partial charge in [-0.3, -0.25) is 9.59 Å². The van der Waals surface area contributed by atoms with E-state index in [4.69, 9.17) is 9.47 Å². The number of hydrogen-bond donors (Lipinski definition) is 1. The number of nitrogens with zero attached hydrogens (tertiary/aromatic N) is 1. The zero-order valence-corrected chi connectivity index (χ0v) is 39.8. The average Bonchev–Trinajstić information content (AvgIpc) is 3.70. The summed E-state index contributed by atoms with van der Waals surface area (Å²) >= 11 is 0. The third kappa shape index (κ3) is 28.4. The molecular weight excluding hydrogens is 719 g/mol. The summed E-state index contributed by atoms with van der Waals surface area (Å²) in [6.07, 6.45) is 43.8. The summed E-state index contributed by atoms with van der Waals surface area (Å²) in [7, 11) is 0. The first-order chi connectivity index (χ1) is 28.2. The lowest BCUT2D eigenvalue weighted by Crippen LogP contribution is -2.33. The third-order valence-corrected chi connectivity index (χ3v) is 13.3. The van der Waals surface area contributed by atoms with E-state index in [2.05, 4.69) is 25.7 Å². The van der Waals surface area contributed by atoms with Crippen molar-refractivity contribution in [1.29, 1.82) is 0 Å². The molecule has 0 bridgehead atoms. The molecule has 1 saturated carbocycles. The molecule has 6 heteroatoms. The minimum absolute atomic E-state index is 0.0295. The molecule has 0 atom stereocenters. The molecule has 0 heterocycles. The van der Waals surface area contributed by atoms with Crippen molar-refractivity contribution in [2.45, 2.75) is 278 Å². The summed E-state index contributed by atoms with van der Waals surface area (Å²) in [5, 5.41) is 9.40. The van der Waals surface area contributed by atoms with Gasteiger partial charge in [-0.15, -0.1) is 0 Å². The fraction of sp³-hybridized carbons (Fsp3) is 0.962. The number of aliphatic hydroxyl groups excluding tert-OH is 1. The number of ether oxygens (including phenoxy) is 2. The fourth-order valence-corrected chi connectivity index (χ4v) is 9.16. The van der Waals surface area contributed by atoms with E-state index in [1.807, 2.05) is 13.8 Å². The van der Waals surface area contributed by atoms with Gasteiger partial charge in [0.1, 0.15) is 6.10 Å². The normalized spacial score (nSPS) is 14.2. The molecule has 6 nitrogen and oxygen atoms in total. The van der Waals surface area contributed by atoms with Crippen molar-refractivity contribution in [3.63, 3.8) is 0 Å². The van der Waals surface area contributed by atoms with Crippen LogP contribution in [0, 0.1) is 10.8 Å². The highest BCUT2D eigenvalue weighted by molar-refractivity contribution is 5.77. The van der Waals surface area contributed by atoms with Crippen LogP contribution in [0.1, 0.15) is 272 Å². The van der Waals surface area contributed by atoms with Gasteiger partial charge in [0.15, 0.2) is 0 Å². The molecule has 0 spiro atoms. The zero-order valence-electron chi connectivity index (χ0n) is 39.8. The summed E-state index contributed by atoms with van der Waals surface area (Å²) < 4.78 is 12.2. The van der Waals surface area contributed by atoms with Crippen molar-refractivity contribution in [3.8, 4) is 0 Å². The maximum atomic E-state index is 13.9. The SMILES string of the molecule is CCCCCCCCCOC(=O)C(C)(C)CCCCCCN(CCCCO)CCCCCCC1(C(=O)OC(CCCCCCCC)CCCCCCCC)CCCC1. The molecule has 0 radical (unpaired) electrons. The topological polar surface area (TPSA) is 76.1 Å². The molecule has 0 aromatic heterocycles. The second-order valence-corrected chi connectivity index (χ2v) is 19.4. The molecule has 0 unspecified atom stereocenters. The van der Waals surface area contributed by atoms with Gasteiger partial charge in [0.2, 0.25) is 0 Å². The Morgan fingerprint density at radius 3 is 1.52 bits per heavy atom. The largest absolute Gasteiger partial charge is 0.465 e. The van der Waals surface area contributed by atoms with Gasteiger partial charge in [-0.05, 0) is 117 Å². The Hall–Kier alpha value is -1.14. The Labute approximate surface area is 361 Å². The summed E-state index contributed by atoms with van der Waals surface area (Å²) in [6.45, 7) is 15.0. The van der Waals surface area contributed by atoms with E-state index in [9.17, 15) is 14.7 Å². The molecule has 0 saturated heterocycles. The Morgan fingerprint density at radius 1 is 0.569 bits per heavy atom. The maximum Gasteiger partial charge on any atom is 0.312 e. The number of esters is 2. The summed E-state index contributed by atoms with van der Waals surface area (Å²) in [4.78, 5) is 29.3.